The van der Waals surface area contributed by atoms with E-state index in [1.165, 1.54) is 5.56 Å². The van der Waals surface area contributed by atoms with Crippen LogP contribution in [-0.4, -0.2) is 32.3 Å². The number of ether oxygens (including phenoxy) is 2. The van der Waals surface area contributed by atoms with Gasteiger partial charge in [-0.15, -0.1) is 0 Å². The second kappa shape index (κ2) is 8.01. The van der Waals surface area contributed by atoms with E-state index in [0.717, 1.165) is 43.8 Å². The van der Waals surface area contributed by atoms with E-state index in [4.69, 9.17) is 20.2 Å². The minimum absolute atomic E-state index is 0.000602. The summed E-state index contributed by atoms with van der Waals surface area (Å²) in [5.74, 6) is 1.43. The third-order valence-corrected chi connectivity index (χ3v) is 5.67. The molecule has 2 aliphatic heterocycles. The SMILES string of the molecule is NC(=NCC1(c2ccccc2)CCOCC1)NC1CCOc2ccccc21. The zero-order valence-electron chi connectivity index (χ0n) is 15.6. The molecule has 1 saturated heterocycles. The van der Waals surface area contributed by atoms with Crippen LogP contribution < -0.4 is 15.8 Å². The van der Waals surface area contributed by atoms with Crippen molar-refractivity contribution in [3.05, 3.63) is 65.7 Å². The molecule has 142 valence electrons. The van der Waals surface area contributed by atoms with E-state index in [1.54, 1.807) is 0 Å². The summed E-state index contributed by atoms with van der Waals surface area (Å²) in [5.41, 5.74) is 8.75. The predicted molar refractivity (Wildman–Crippen MR) is 107 cm³/mol. The van der Waals surface area contributed by atoms with Crippen molar-refractivity contribution in [2.24, 2.45) is 10.7 Å². The number of rotatable bonds is 4. The molecule has 0 spiro atoms. The maximum Gasteiger partial charge on any atom is 0.189 e. The van der Waals surface area contributed by atoms with Crippen molar-refractivity contribution >= 4 is 5.96 Å². The summed E-state index contributed by atoms with van der Waals surface area (Å²) in [5, 5.41) is 3.40. The summed E-state index contributed by atoms with van der Waals surface area (Å²) < 4.78 is 11.3. The normalized spacial score (nSPS) is 21.8. The Morgan fingerprint density at radius 2 is 1.78 bits per heavy atom. The van der Waals surface area contributed by atoms with Gasteiger partial charge in [0, 0.05) is 30.6 Å². The standard InChI is InChI=1S/C22H27N3O2/c23-21(25-19-10-13-27-20-9-5-4-8-18(19)20)24-16-22(11-14-26-15-12-22)17-6-2-1-3-7-17/h1-9,19H,10-16H2,(H3,23,24,25). The molecule has 0 radical (unpaired) electrons. The Bertz CT molecular complexity index is 785. The number of aliphatic imine (C=N–C) groups is 1. The number of nitrogens with zero attached hydrogens (tertiary/aromatic N) is 1. The quantitative estimate of drug-likeness (QED) is 0.645. The molecule has 5 nitrogen and oxygen atoms in total. The van der Waals surface area contributed by atoms with Crippen LogP contribution in [0.15, 0.2) is 59.6 Å². The Morgan fingerprint density at radius 3 is 2.59 bits per heavy atom. The number of guanidine groups is 1. The van der Waals surface area contributed by atoms with Gasteiger partial charge in [0.1, 0.15) is 5.75 Å². The number of para-hydroxylation sites is 1. The van der Waals surface area contributed by atoms with Crippen LogP contribution in [0.5, 0.6) is 5.75 Å². The molecule has 1 fully saturated rings. The predicted octanol–water partition coefficient (Wildman–Crippen LogP) is 3.16. The summed E-state index contributed by atoms with van der Waals surface area (Å²) in [7, 11) is 0. The van der Waals surface area contributed by atoms with Crippen molar-refractivity contribution in [3.8, 4) is 5.75 Å². The average Bonchev–Trinajstić information content (AvgIpc) is 2.74. The van der Waals surface area contributed by atoms with Crippen LogP contribution in [0.1, 0.15) is 36.4 Å². The largest absolute Gasteiger partial charge is 0.493 e. The van der Waals surface area contributed by atoms with Gasteiger partial charge in [-0.3, -0.25) is 4.99 Å². The smallest absolute Gasteiger partial charge is 0.189 e. The molecular formula is C22H27N3O2. The van der Waals surface area contributed by atoms with E-state index < -0.39 is 0 Å². The number of hydrogen-bond acceptors (Lipinski definition) is 3. The average molecular weight is 365 g/mol. The molecule has 5 heteroatoms. The summed E-state index contributed by atoms with van der Waals surface area (Å²) in [6.07, 6.45) is 2.81. The molecule has 4 rings (SSSR count). The first-order chi connectivity index (χ1) is 13.3. The van der Waals surface area contributed by atoms with Crippen LogP contribution in [-0.2, 0) is 10.2 Å². The van der Waals surface area contributed by atoms with Gasteiger partial charge in [-0.2, -0.15) is 0 Å². The van der Waals surface area contributed by atoms with Crippen molar-refractivity contribution < 1.29 is 9.47 Å². The Hall–Kier alpha value is -2.53. The fourth-order valence-electron chi connectivity index (χ4n) is 4.04. The summed E-state index contributed by atoms with van der Waals surface area (Å²) in [4.78, 5) is 4.75. The van der Waals surface area contributed by atoms with E-state index in [2.05, 4.69) is 41.7 Å². The summed E-state index contributed by atoms with van der Waals surface area (Å²) in [6.45, 7) is 2.90. The lowest BCUT2D eigenvalue weighted by atomic mass is 9.74. The molecule has 0 saturated carbocycles. The molecule has 3 N–H and O–H groups in total. The molecule has 1 unspecified atom stereocenters. The van der Waals surface area contributed by atoms with Crippen molar-refractivity contribution in [3.63, 3.8) is 0 Å². The second-order valence-corrected chi connectivity index (χ2v) is 7.33. The molecule has 1 atom stereocenters. The lowest BCUT2D eigenvalue weighted by Crippen LogP contribution is -2.41. The molecule has 2 aromatic carbocycles. The topological polar surface area (TPSA) is 68.9 Å². The van der Waals surface area contributed by atoms with Crippen molar-refractivity contribution in [1.82, 2.24) is 5.32 Å². The molecule has 2 aliphatic rings. The molecule has 0 bridgehead atoms. The van der Waals surface area contributed by atoms with Crippen LogP contribution >= 0.6 is 0 Å². The number of nitrogens with one attached hydrogen (secondary N) is 1. The second-order valence-electron chi connectivity index (χ2n) is 7.33. The van der Waals surface area contributed by atoms with Gasteiger partial charge < -0.3 is 20.5 Å². The number of benzene rings is 2. The Kier molecular flexibility index (Phi) is 5.30. The van der Waals surface area contributed by atoms with Gasteiger partial charge in [0.05, 0.1) is 19.2 Å². The maximum atomic E-state index is 6.28. The van der Waals surface area contributed by atoms with Crippen LogP contribution in [0.3, 0.4) is 0 Å². The number of fused-ring (bicyclic) bond motifs is 1. The van der Waals surface area contributed by atoms with Crippen LogP contribution in [0.25, 0.3) is 0 Å². The molecule has 0 amide bonds. The first-order valence-corrected chi connectivity index (χ1v) is 9.68. The third kappa shape index (κ3) is 3.93. The van der Waals surface area contributed by atoms with Crippen LogP contribution in [0, 0.1) is 0 Å². The van der Waals surface area contributed by atoms with E-state index in [-0.39, 0.29) is 11.5 Å². The van der Waals surface area contributed by atoms with Gasteiger partial charge >= 0.3 is 0 Å². The lowest BCUT2D eigenvalue weighted by molar-refractivity contribution is 0.0531. The van der Waals surface area contributed by atoms with Gasteiger partial charge in [0.15, 0.2) is 5.96 Å². The molecule has 2 heterocycles. The van der Waals surface area contributed by atoms with Gasteiger partial charge in [-0.05, 0) is 24.5 Å². The van der Waals surface area contributed by atoms with Crippen molar-refractivity contribution in [2.75, 3.05) is 26.4 Å². The molecule has 0 aromatic heterocycles. The van der Waals surface area contributed by atoms with E-state index >= 15 is 0 Å². The molecule has 27 heavy (non-hydrogen) atoms. The van der Waals surface area contributed by atoms with E-state index in [0.29, 0.717) is 19.1 Å². The zero-order valence-corrected chi connectivity index (χ0v) is 15.6. The summed E-state index contributed by atoms with van der Waals surface area (Å²) in [6, 6.07) is 18.9. The van der Waals surface area contributed by atoms with Gasteiger partial charge in [0.2, 0.25) is 0 Å². The van der Waals surface area contributed by atoms with Gasteiger partial charge in [0.25, 0.3) is 0 Å². The highest BCUT2D eigenvalue weighted by molar-refractivity contribution is 5.78. The molecule has 2 aromatic rings. The Labute approximate surface area is 160 Å². The number of hydrogen-bond donors (Lipinski definition) is 2. The van der Waals surface area contributed by atoms with Crippen LogP contribution in [0.4, 0.5) is 0 Å². The van der Waals surface area contributed by atoms with Gasteiger partial charge in [-0.25, -0.2) is 0 Å². The highest BCUT2D eigenvalue weighted by Crippen LogP contribution is 2.35. The monoisotopic (exact) mass is 365 g/mol. The van der Waals surface area contributed by atoms with E-state index in [1.807, 2.05) is 18.2 Å². The highest BCUT2D eigenvalue weighted by atomic mass is 16.5. The summed E-state index contributed by atoms with van der Waals surface area (Å²) >= 11 is 0. The maximum absolute atomic E-state index is 6.28. The third-order valence-electron chi connectivity index (χ3n) is 5.67. The highest BCUT2D eigenvalue weighted by Gasteiger charge is 2.34. The fourth-order valence-corrected chi connectivity index (χ4v) is 4.04. The first-order valence-electron chi connectivity index (χ1n) is 9.68. The van der Waals surface area contributed by atoms with E-state index in [9.17, 15) is 0 Å². The minimum atomic E-state index is -0.000602. The van der Waals surface area contributed by atoms with Gasteiger partial charge in [-0.1, -0.05) is 48.5 Å². The Balaban J connectivity index is 1.49. The fraction of sp³-hybridized carbons (Fsp3) is 0.409. The van der Waals surface area contributed by atoms with Crippen molar-refractivity contribution in [2.45, 2.75) is 30.7 Å². The number of nitrogens with two attached hydrogens (primary N) is 1. The zero-order chi connectivity index (χ0) is 18.5. The van der Waals surface area contributed by atoms with Crippen molar-refractivity contribution in [1.29, 1.82) is 0 Å². The minimum Gasteiger partial charge on any atom is -0.493 e. The molecular weight excluding hydrogens is 338 g/mol. The first kappa shape index (κ1) is 17.9. The lowest BCUT2D eigenvalue weighted by Gasteiger charge is -2.36. The molecule has 0 aliphatic carbocycles. The van der Waals surface area contributed by atoms with Crippen LogP contribution in [0.2, 0.25) is 0 Å². The Morgan fingerprint density at radius 1 is 1.04 bits per heavy atom.